The summed E-state index contributed by atoms with van der Waals surface area (Å²) >= 11 is 0. The van der Waals surface area contributed by atoms with Gasteiger partial charge in [0.25, 0.3) is 0 Å². The lowest BCUT2D eigenvalue weighted by Gasteiger charge is -2.21. The lowest BCUT2D eigenvalue weighted by molar-refractivity contribution is 0.646. The molecule has 2 rings (SSSR count). The molecule has 0 bridgehead atoms. The van der Waals surface area contributed by atoms with E-state index in [9.17, 15) is 0 Å². The second-order valence-corrected chi connectivity index (χ2v) is 3.29. The molecule has 0 radical (unpaired) electrons. The van der Waals surface area contributed by atoms with Crippen molar-refractivity contribution in [3.8, 4) is 0 Å². The van der Waals surface area contributed by atoms with Crippen LogP contribution < -0.4 is 0 Å². The Morgan fingerprint density at radius 1 is 0.800 bits per heavy atom. The highest BCUT2D eigenvalue weighted by Gasteiger charge is 2.12. The van der Waals surface area contributed by atoms with Gasteiger partial charge in [0.05, 0.1) is 0 Å². The van der Waals surface area contributed by atoms with Gasteiger partial charge in [0.15, 0.2) is 0 Å². The Morgan fingerprint density at radius 2 is 1.30 bits per heavy atom. The minimum Gasteiger partial charge on any atom is -0.0841 e. The first-order valence-corrected chi connectivity index (χ1v) is 4.31. The molecule has 0 amide bonds. The van der Waals surface area contributed by atoms with E-state index in [1.165, 1.54) is 38.5 Å². The topological polar surface area (TPSA) is 0 Å². The summed E-state index contributed by atoms with van der Waals surface area (Å²) < 4.78 is 0. The maximum atomic E-state index is 2.32. The van der Waals surface area contributed by atoms with E-state index in [-0.39, 0.29) is 0 Å². The van der Waals surface area contributed by atoms with Crippen LogP contribution in [0.2, 0.25) is 0 Å². The van der Waals surface area contributed by atoms with E-state index >= 15 is 0 Å². The van der Waals surface area contributed by atoms with E-state index in [0.29, 0.717) is 0 Å². The first-order chi connectivity index (χ1) is 4.97. The average Bonchev–Trinajstić information content (AvgIpc) is 2.05. The van der Waals surface area contributed by atoms with Crippen LogP contribution in [0.25, 0.3) is 0 Å². The Kier molecular flexibility index (Phi) is 1.62. The minimum atomic E-state index is 1.26. The summed E-state index contributed by atoms with van der Waals surface area (Å²) in [5, 5.41) is 0. The van der Waals surface area contributed by atoms with E-state index in [1.807, 2.05) is 0 Å². The van der Waals surface area contributed by atoms with Crippen LogP contribution in [0.15, 0.2) is 23.3 Å². The van der Waals surface area contributed by atoms with Gasteiger partial charge in [-0.1, -0.05) is 23.3 Å². The maximum Gasteiger partial charge on any atom is -0.0136 e. The number of allylic oxidation sites excluding steroid dienone is 4. The third kappa shape index (κ3) is 1.03. The fraction of sp³-hybridized carbons (Fsp3) is 0.600. The maximum absolute atomic E-state index is 2.32. The fourth-order valence-electron chi connectivity index (χ4n) is 1.97. The molecule has 0 saturated heterocycles. The molecule has 0 heteroatoms. The van der Waals surface area contributed by atoms with Crippen molar-refractivity contribution in [2.24, 2.45) is 0 Å². The standard InChI is InChI=1S/C10H14/c1-2-6-10-8-4-3-7-9(10)5-1/h1-2H,3-8H2. The molecule has 0 aromatic rings. The summed E-state index contributed by atoms with van der Waals surface area (Å²) in [5.74, 6) is 0. The lowest BCUT2D eigenvalue weighted by Crippen LogP contribution is -2.01. The Labute approximate surface area is 62.6 Å². The zero-order valence-corrected chi connectivity index (χ0v) is 6.40. The number of rotatable bonds is 0. The van der Waals surface area contributed by atoms with Gasteiger partial charge in [0.1, 0.15) is 0 Å². The van der Waals surface area contributed by atoms with E-state index < -0.39 is 0 Å². The van der Waals surface area contributed by atoms with Gasteiger partial charge in [-0.05, 0) is 38.5 Å². The molecule has 0 saturated carbocycles. The van der Waals surface area contributed by atoms with Gasteiger partial charge in [-0.25, -0.2) is 0 Å². The largest absolute Gasteiger partial charge is 0.0841 e. The van der Waals surface area contributed by atoms with E-state index in [0.717, 1.165) is 0 Å². The highest BCUT2D eigenvalue weighted by Crippen LogP contribution is 2.31. The van der Waals surface area contributed by atoms with E-state index in [4.69, 9.17) is 0 Å². The summed E-state index contributed by atoms with van der Waals surface area (Å²) in [7, 11) is 0. The first kappa shape index (κ1) is 6.21. The third-order valence-corrected chi connectivity index (χ3v) is 2.60. The normalized spacial score (nSPS) is 24.8. The molecule has 0 spiro atoms. The number of hydrogen-bond donors (Lipinski definition) is 0. The molecule has 0 unspecified atom stereocenters. The van der Waals surface area contributed by atoms with Crippen molar-refractivity contribution in [1.82, 2.24) is 0 Å². The molecule has 54 valence electrons. The Balaban J connectivity index is 2.17. The van der Waals surface area contributed by atoms with Crippen LogP contribution in [-0.4, -0.2) is 0 Å². The van der Waals surface area contributed by atoms with E-state index in [2.05, 4.69) is 12.2 Å². The van der Waals surface area contributed by atoms with Crippen molar-refractivity contribution in [3.05, 3.63) is 23.3 Å². The number of hydrogen-bond acceptors (Lipinski definition) is 0. The highest BCUT2D eigenvalue weighted by molar-refractivity contribution is 5.25. The smallest absolute Gasteiger partial charge is 0.0136 e. The Morgan fingerprint density at radius 3 is 1.80 bits per heavy atom. The van der Waals surface area contributed by atoms with Crippen LogP contribution in [0.3, 0.4) is 0 Å². The summed E-state index contributed by atoms with van der Waals surface area (Å²) in [6.07, 6.45) is 12.8. The van der Waals surface area contributed by atoms with Crippen molar-refractivity contribution in [3.63, 3.8) is 0 Å². The summed E-state index contributed by atoms with van der Waals surface area (Å²) in [5.41, 5.74) is 3.52. The van der Waals surface area contributed by atoms with Crippen LogP contribution in [0.4, 0.5) is 0 Å². The second kappa shape index (κ2) is 2.61. The molecular formula is C10H14. The Hall–Kier alpha value is -0.520. The summed E-state index contributed by atoms with van der Waals surface area (Å²) in [6.45, 7) is 0. The molecule has 0 aromatic heterocycles. The van der Waals surface area contributed by atoms with Gasteiger partial charge in [-0.3, -0.25) is 0 Å². The summed E-state index contributed by atoms with van der Waals surface area (Å²) in [4.78, 5) is 0. The van der Waals surface area contributed by atoms with Crippen LogP contribution in [0.1, 0.15) is 38.5 Å². The van der Waals surface area contributed by atoms with Crippen molar-refractivity contribution >= 4 is 0 Å². The minimum absolute atomic E-state index is 1.26. The third-order valence-electron chi connectivity index (χ3n) is 2.60. The van der Waals surface area contributed by atoms with Crippen LogP contribution in [0.5, 0.6) is 0 Å². The van der Waals surface area contributed by atoms with Gasteiger partial charge < -0.3 is 0 Å². The van der Waals surface area contributed by atoms with Crippen molar-refractivity contribution in [1.29, 1.82) is 0 Å². The monoisotopic (exact) mass is 134 g/mol. The summed E-state index contributed by atoms with van der Waals surface area (Å²) in [6, 6.07) is 0. The lowest BCUT2D eigenvalue weighted by atomic mass is 9.85. The molecule has 0 nitrogen and oxygen atoms in total. The quantitative estimate of drug-likeness (QED) is 0.446. The average molecular weight is 134 g/mol. The second-order valence-electron chi connectivity index (χ2n) is 3.29. The molecular weight excluding hydrogens is 120 g/mol. The molecule has 0 aliphatic heterocycles. The van der Waals surface area contributed by atoms with E-state index in [1.54, 1.807) is 11.1 Å². The predicted octanol–water partition coefficient (Wildman–Crippen LogP) is 3.21. The van der Waals surface area contributed by atoms with Crippen LogP contribution in [0, 0.1) is 0 Å². The van der Waals surface area contributed by atoms with Gasteiger partial charge in [-0.15, -0.1) is 0 Å². The first-order valence-electron chi connectivity index (χ1n) is 4.31. The van der Waals surface area contributed by atoms with Crippen LogP contribution in [-0.2, 0) is 0 Å². The zero-order valence-electron chi connectivity index (χ0n) is 6.40. The predicted molar refractivity (Wildman–Crippen MR) is 43.9 cm³/mol. The molecule has 10 heavy (non-hydrogen) atoms. The molecule has 2 aliphatic carbocycles. The highest BCUT2D eigenvalue weighted by atomic mass is 14.2. The van der Waals surface area contributed by atoms with Gasteiger partial charge in [0.2, 0.25) is 0 Å². The SMILES string of the molecule is C1=CCC2=C(C1)CCCC2. The molecule has 0 aromatic carbocycles. The van der Waals surface area contributed by atoms with Crippen LogP contribution >= 0.6 is 0 Å². The van der Waals surface area contributed by atoms with Crippen molar-refractivity contribution in [2.45, 2.75) is 38.5 Å². The molecule has 0 fully saturated rings. The Bertz CT molecular complexity index is 164. The molecule has 0 N–H and O–H groups in total. The molecule has 0 heterocycles. The van der Waals surface area contributed by atoms with Crippen molar-refractivity contribution in [2.75, 3.05) is 0 Å². The molecule has 2 aliphatic rings. The zero-order chi connectivity index (χ0) is 6.81. The van der Waals surface area contributed by atoms with Gasteiger partial charge in [-0.2, -0.15) is 0 Å². The fourth-order valence-corrected chi connectivity index (χ4v) is 1.97. The van der Waals surface area contributed by atoms with Gasteiger partial charge in [0, 0.05) is 0 Å². The van der Waals surface area contributed by atoms with Crippen molar-refractivity contribution < 1.29 is 0 Å². The van der Waals surface area contributed by atoms with Gasteiger partial charge >= 0.3 is 0 Å². The molecule has 0 atom stereocenters.